The minimum atomic E-state index is -0.980. The standard InChI is InChI=1S/C20H20N4O3.Po/c21-19(25)16-11-15(5-7-18(16)23-8-2-1-3-9-23)24-12-14-10-13(20(26)27)4-6-17(14)22-24;/h4-7,10-12H,1-3,8-9H2,(H2,21,25)(H,26,27);. The Labute approximate surface area is 181 Å². The largest absolute Gasteiger partial charge is 0.478 e. The number of benzene rings is 2. The summed E-state index contributed by atoms with van der Waals surface area (Å²) in [5.74, 6) is -1.45. The molecule has 3 aromatic rings. The first kappa shape index (κ1) is 20.3. The average molecular weight is 573 g/mol. The van der Waals surface area contributed by atoms with E-state index in [1.54, 1.807) is 29.1 Å². The molecule has 1 saturated heterocycles. The maximum atomic E-state index is 12.0. The zero-order valence-electron chi connectivity index (χ0n) is 15.2. The fourth-order valence-electron chi connectivity index (χ4n) is 3.57. The van der Waals surface area contributed by atoms with Crippen molar-refractivity contribution >= 4 is 55.0 Å². The number of amides is 1. The van der Waals surface area contributed by atoms with Gasteiger partial charge in [-0.2, -0.15) is 5.10 Å². The van der Waals surface area contributed by atoms with Crippen molar-refractivity contribution in [2.45, 2.75) is 19.3 Å². The van der Waals surface area contributed by atoms with E-state index < -0.39 is 11.9 Å². The van der Waals surface area contributed by atoms with Crippen molar-refractivity contribution in [2.24, 2.45) is 5.73 Å². The summed E-state index contributed by atoms with van der Waals surface area (Å²) in [4.78, 5) is 25.4. The first-order chi connectivity index (χ1) is 13.0. The van der Waals surface area contributed by atoms with Gasteiger partial charge in [-0.05, 0) is 55.7 Å². The number of hydrogen-bond acceptors (Lipinski definition) is 4. The molecule has 0 aliphatic carbocycles. The Morgan fingerprint density at radius 2 is 1.79 bits per heavy atom. The summed E-state index contributed by atoms with van der Waals surface area (Å²) in [7, 11) is 0. The van der Waals surface area contributed by atoms with E-state index in [1.807, 2.05) is 12.1 Å². The molecular formula is C20H20N4O3Po. The zero-order chi connectivity index (χ0) is 19.0. The number of carbonyl (C=O) groups excluding carboxylic acids is 1. The monoisotopic (exact) mass is 573 g/mol. The molecule has 2 heterocycles. The number of nitrogens with two attached hydrogens (primary N) is 1. The molecule has 1 aromatic heterocycles. The minimum absolute atomic E-state index is 0. The third-order valence-electron chi connectivity index (χ3n) is 4.96. The van der Waals surface area contributed by atoms with Gasteiger partial charge in [-0.15, -0.1) is 0 Å². The van der Waals surface area contributed by atoms with Crippen LogP contribution in [0.5, 0.6) is 0 Å². The van der Waals surface area contributed by atoms with E-state index in [9.17, 15) is 9.59 Å². The van der Waals surface area contributed by atoms with Crippen molar-refractivity contribution < 1.29 is 14.7 Å². The smallest absolute Gasteiger partial charge is 0.335 e. The molecule has 8 heteroatoms. The Hall–Kier alpha value is -2.45. The second-order valence-electron chi connectivity index (χ2n) is 6.77. The Morgan fingerprint density at radius 1 is 1.04 bits per heavy atom. The first-order valence-electron chi connectivity index (χ1n) is 8.95. The molecular weight excluding hydrogens is 553 g/mol. The molecule has 3 N–H and O–H groups in total. The number of carboxylic acids is 1. The number of piperidine rings is 1. The second kappa shape index (κ2) is 8.28. The van der Waals surface area contributed by atoms with Gasteiger partial charge >= 0.3 is 5.97 Å². The fraction of sp³-hybridized carbons (Fsp3) is 0.250. The predicted molar refractivity (Wildman–Crippen MR) is 108 cm³/mol. The van der Waals surface area contributed by atoms with Crippen molar-refractivity contribution in [2.75, 3.05) is 18.0 Å². The van der Waals surface area contributed by atoms with Crippen LogP contribution in [0.15, 0.2) is 42.6 Å². The first-order valence-corrected chi connectivity index (χ1v) is 8.95. The molecule has 0 spiro atoms. The van der Waals surface area contributed by atoms with Crippen LogP contribution in [0, 0.1) is 0 Å². The summed E-state index contributed by atoms with van der Waals surface area (Å²) in [5, 5.41) is 14.3. The Morgan fingerprint density at radius 3 is 2.46 bits per heavy atom. The molecule has 7 nitrogen and oxygen atoms in total. The molecule has 1 aliphatic rings. The van der Waals surface area contributed by atoms with Crippen LogP contribution in [0.4, 0.5) is 5.69 Å². The van der Waals surface area contributed by atoms with Crippen molar-refractivity contribution in [1.29, 1.82) is 0 Å². The maximum Gasteiger partial charge on any atom is 0.335 e. The van der Waals surface area contributed by atoms with Gasteiger partial charge in [0.2, 0.25) is 0 Å². The number of fused-ring (bicyclic) bond motifs is 1. The molecule has 4 rings (SSSR count). The number of carbonyl (C=O) groups is 2. The number of aromatic carboxylic acids is 1. The maximum absolute atomic E-state index is 12.0. The van der Waals surface area contributed by atoms with Gasteiger partial charge < -0.3 is 15.7 Å². The Kier molecular flexibility index (Phi) is 6.00. The second-order valence-corrected chi connectivity index (χ2v) is 6.77. The van der Waals surface area contributed by atoms with E-state index in [0.717, 1.165) is 37.0 Å². The van der Waals surface area contributed by atoms with Crippen LogP contribution in [-0.2, 0) is 0 Å². The van der Waals surface area contributed by atoms with Gasteiger partial charge in [0, 0.05) is 56.9 Å². The molecule has 0 unspecified atom stereocenters. The van der Waals surface area contributed by atoms with Gasteiger partial charge in [0.25, 0.3) is 5.91 Å². The summed E-state index contributed by atoms with van der Waals surface area (Å²) >= 11 is 0. The van der Waals surface area contributed by atoms with Crippen molar-refractivity contribution in [3.8, 4) is 5.69 Å². The molecule has 0 atom stereocenters. The number of rotatable bonds is 4. The van der Waals surface area contributed by atoms with E-state index in [0.29, 0.717) is 16.8 Å². The SMILES string of the molecule is NC(=O)c1cc(-n2cc3cc(C(=O)O)ccc3n2)ccc1N1CCCCC1.[Po]. The van der Waals surface area contributed by atoms with E-state index in [1.165, 1.54) is 12.5 Å². The van der Waals surface area contributed by atoms with Crippen LogP contribution in [0.1, 0.15) is 40.0 Å². The van der Waals surface area contributed by atoms with Gasteiger partial charge in [-0.25, -0.2) is 9.48 Å². The van der Waals surface area contributed by atoms with Crippen LogP contribution in [0.25, 0.3) is 16.6 Å². The molecule has 28 heavy (non-hydrogen) atoms. The molecule has 144 valence electrons. The van der Waals surface area contributed by atoms with Crippen molar-refractivity contribution in [1.82, 2.24) is 9.78 Å². The van der Waals surface area contributed by atoms with Crippen LogP contribution < -0.4 is 10.6 Å². The number of carboxylic acid groups (broad SMARTS) is 1. The van der Waals surface area contributed by atoms with Gasteiger partial charge in [0.1, 0.15) is 0 Å². The van der Waals surface area contributed by atoms with Crippen LogP contribution in [0.2, 0.25) is 0 Å². The number of aromatic nitrogens is 2. The minimum Gasteiger partial charge on any atom is -0.478 e. The van der Waals surface area contributed by atoms with E-state index >= 15 is 0 Å². The Balaban J connectivity index is 0.00000225. The van der Waals surface area contributed by atoms with Crippen molar-refractivity contribution in [3.05, 3.63) is 53.7 Å². The molecule has 2 radical (unpaired) electrons. The molecule has 1 aliphatic heterocycles. The van der Waals surface area contributed by atoms with Crippen LogP contribution in [0.3, 0.4) is 0 Å². The Bertz CT molecular complexity index is 1040. The van der Waals surface area contributed by atoms with Crippen LogP contribution >= 0.6 is 0 Å². The summed E-state index contributed by atoms with van der Waals surface area (Å²) in [6.45, 7) is 1.84. The number of hydrogen-bond donors (Lipinski definition) is 2. The molecule has 0 saturated carbocycles. The van der Waals surface area contributed by atoms with Gasteiger partial charge in [0.05, 0.1) is 22.3 Å². The summed E-state index contributed by atoms with van der Waals surface area (Å²) in [5.41, 5.74) is 8.56. The van der Waals surface area contributed by atoms with Gasteiger partial charge in [-0.3, -0.25) is 4.79 Å². The number of anilines is 1. The van der Waals surface area contributed by atoms with E-state index in [2.05, 4.69) is 10.00 Å². The fourth-order valence-corrected chi connectivity index (χ4v) is 3.57. The normalized spacial score (nSPS) is 13.9. The molecule has 1 amide bonds. The number of primary amides is 1. The van der Waals surface area contributed by atoms with E-state index in [4.69, 9.17) is 10.8 Å². The van der Waals surface area contributed by atoms with Gasteiger partial charge in [-0.1, -0.05) is 0 Å². The van der Waals surface area contributed by atoms with Gasteiger partial charge in [0.15, 0.2) is 0 Å². The average Bonchev–Trinajstić information content (AvgIpc) is 3.11. The number of nitrogens with zero attached hydrogens (tertiary/aromatic N) is 3. The summed E-state index contributed by atoms with van der Waals surface area (Å²) in [6.07, 6.45) is 5.17. The summed E-state index contributed by atoms with van der Waals surface area (Å²) in [6, 6.07) is 10.3. The molecule has 2 aromatic carbocycles. The third-order valence-corrected chi connectivity index (χ3v) is 4.96. The third kappa shape index (κ3) is 3.88. The summed E-state index contributed by atoms with van der Waals surface area (Å²) < 4.78 is 1.64. The molecule has 1 fully saturated rings. The predicted octanol–water partition coefficient (Wildman–Crippen LogP) is 2.43. The van der Waals surface area contributed by atoms with Crippen molar-refractivity contribution in [3.63, 3.8) is 0 Å². The zero-order valence-corrected chi connectivity index (χ0v) is 18.3. The van der Waals surface area contributed by atoms with Crippen LogP contribution in [-0.4, -0.2) is 66.4 Å². The quantitative estimate of drug-likeness (QED) is 0.500. The molecule has 0 bridgehead atoms. The van der Waals surface area contributed by atoms with E-state index in [-0.39, 0.29) is 32.1 Å². The topological polar surface area (TPSA) is 101 Å².